The lowest BCUT2D eigenvalue weighted by Gasteiger charge is -2.13. The molecule has 150 valence electrons. The summed E-state index contributed by atoms with van der Waals surface area (Å²) in [5, 5.41) is 3.34. The van der Waals surface area contributed by atoms with Crippen LogP contribution in [0, 0.1) is 0 Å². The predicted molar refractivity (Wildman–Crippen MR) is 109 cm³/mol. The molecule has 1 aliphatic rings. The third kappa shape index (κ3) is 3.89. The van der Waals surface area contributed by atoms with Crippen molar-refractivity contribution < 1.29 is 23.4 Å². The quantitative estimate of drug-likeness (QED) is 0.650. The number of ether oxygens (including phenoxy) is 3. The molecule has 1 aromatic heterocycles. The molecule has 1 N–H and O–H groups in total. The molecule has 29 heavy (non-hydrogen) atoms. The highest BCUT2D eigenvalue weighted by molar-refractivity contribution is 6.32. The Kier molecular flexibility index (Phi) is 5.36. The summed E-state index contributed by atoms with van der Waals surface area (Å²) in [6, 6.07) is 12.8. The Balaban J connectivity index is 1.54. The van der Waals surface area contributed by atoms with Gasteiger partial charge in [0.2, 0.25) is 0 Å². The van der Waals surface area contributed by atoms with Gasteiger partial charge in [-0.15, -0.1) is 0 Å². The summed E-state index contributed by atoms with van der Waals surface area (Å²) in [7, 11) is 3.25. The van der Waals surface area contributed by atoms with Crippen molar-refractivity contribution in [3.05, 3.63) is 65.1 Å². The average molecular weight is 414 g/mol. The van der Waals surface area contributed by atoms with Crippen LogP contribution < -0.4 is 19.5 Å². The van der Waals surface area contributed by atoms with E-state index in [1.165, 1.54) is 6.26 Å². The molecule has 7 heteroatoms. The van der Waals surface area contributed by atoms with Crippen molar-refractivity contribution in [2.24, 2.45) is 0 Å². The van der Waals surface area contributed by atoms with Crippen LogP contribution in [0.4, 0.5) is 0 Å². The van der Waals surface area contributed by atoms with Gasteiger partial charge in [0.05, 0.1) is 32.1 Å². The van der Waals surface area contributed by atoms with Gasteiger partial charge >= 0.3 is 0 Å². The molecule has 0 spiro atoms. The Bertz CT molecular complexity index is 1030. The number of furan rings is 1. The summed E-state index contributed by atoms with van der Waals surface area (Å²) in [6.07, 6.45) is 1.89. The van der Waals surface area contributed by atoms with Crippen molar-refractivity contribution in [3.63, 3.8) is 0 Å². The first-order valence-electron chi connectivity index (χ1n) is 9.12. The molecule has 0 unspecified atom stereocenters. The van der Waals surface area contributed by atoms with Gasteiger partial charge in [0.15, 0.2) is 5.76 Å². The number of nitrogens with one attached hydrogen (secondary N) is 1. The summed E-state index contributed by atoms with van der Waals surface area (Å²) < 4.78 is 21.9. The van der Waals surface area contributed by atoms with Crippen LogP contribution >= 0.6 is 11.6 Å². The van der Waals surface area contributed by atoms with Gasteiger partial charge in [-0.2, -0.15) is 0 Å². The Morgan fingerprint density at radius 1 is 1.21 bits per heavy atom. The molecule has 1 atom stereocenters. The first kappa shape index (κ1) is 19.2. The maximum absolute atomic E-state index is 12.1. The van der Waals surface area contributed by atoms with E-state index < -0.39 is 0 Å². The number of fused-ring (bicyclic) bond motifs is 1. The van der Waals surface area contributed by atoms with Gasteiger partial charge in [-0.3, -0.25) is 4.79 Å². The third-order valence-corrected chi connectivity index (χ3v) is 5.09. The number of halogens is 1. The molecule has 1 aliphatic heterocycles. The minimum Gasteiger partial charge on any atom is -0.497 e. The van der Waals surface area contributed by atoms with Crippen LogP contribution in [0.1, 0.15) is 16.1 Å². The molecule has 6 nitrogen and oxygen atoms in total. The number of carbonyl (C=O) groups is 1. The maximum atomic E-state index is 12.1. The van der Waals surface area contributed by atoms with Crippen molar-refractivity contribution in [1.82, 2.24) is 5.32 Å². The number of methoxy groups -OCH3 is 2. The summed E-state index contributed by atoms with van der Waals surface area (Å²) in [5.41, 5.74) is 2.77. The van der Waals surface area contributed by atoms with Crippen LogP contribution in [0.25, 0.3) is 11.1 Å². The molecule has 1 amide bonds. The van der Waals surface area contributed by atoms with E-state index in [2.05, 4.69) is 5.32 Å². The van der Waals surface area contributed by atoms with Crippen molar-refractivity contribution in [3.8, 4) is 28.4 Å². The highest BCUT2D eigenvalue weighted by Gasteiger charge is 2.27. The van der Waals surface area contributed by atoms with Gasteiger partial charge < -0.3 is 23.9 Å². The zero-order valence-electron chi connectivity index (χ0n) is 16.0. The summed E-state index contributed by atoms with van der Waals surface area (Å²) in [5.74, 6) is 2.10. The van der Waals surface area contributed by atoms with Crippen molar-refractivity contribution in [2.45, 2.75) is 12.5 Å². The second kappa shape index (κ2) is 8.09. The lowest BCUT2D eigenvalue weighted by Crippen LogP contribution is -2.34. The van der Waals surface area contributed by atoms with Crippen LogP contribution in [-0.4, -0.2) is 32.8 Å². The minimum absolute atomic E-state index is 0.205. The molecule has 0 bridgehead atoms. The van der Waals surface area contributed by atoms with Crippen molar-refractivity contribution in [1.29, 1.82) is 0 Å². The molecule has 0 radical (unpaired) electrons. The SMILES string of the molecule is COc1ccc(OC)c(-c2cc(Cl)c3c(c2)C[C@H](CNC(=O)c2ccco2)O3)c1. The first-order valence-corrected chi connectivity index (χ1v) is 9.50. The molecular weight excluding hydrogens is 394 g/mol. The first-order chi connectivity index (χ1) is 14.1. The molecule has 2 aromatic carbocycles. The van der Waals surface area contributed by atoms with Crippen LogP contribution in [0.5, 0.6) is 17.2 Å². The molecule has 0 saturated carbocycles. The monoisotopic (exact) mass is 413 g/mol. The van der Waals surface area contributed by atoms with E-state index in [1.54, 1.807) is 26.4 Å². The van der Waals surface area contributed by atoms with Gasteiger partial charge in [-0.1, -0.05) is 11.6 Å². The largest absolute Gasteiger partial charge is 0.497 e. The van der Waals surface area contributed by atoms with E-state index >= 15 is 0 Å². The van der Waals surface area contributed by atoms with E-state index in [4.69, 9.17) is 30.2 Å². The van der Waals surface area contributed by atoms with E-state index in [1.807, 2.05) is 30.3 Å². The van der Waals surface area contributed by atoms with Crippen LogP contribution in [0.2, 0.25) is 5.02 Å². The summed E-state index contributed by atoms with van der Waals surface area (Å²) in [6.45, 7) is 0.350. The minimum atomic E-state index is -0.276. The van der Waals surface area contributed by atoms with Crippen LogP contribution in [-0.2, 0) is 6.42 Å². The van der Waals surface area contributed by atoms with E-state index in [9.17, 15) is 4.79 Å². The molecule has 0 aliphatic carbocycles. The highest BCUT2D eigenvalue weighted by atomic mass is 35.5. The Morgan fingerprint density at radius 2 is 2.07 bits per heavy atom. The molecular formula is C22H20ClNO5. The smallest absolute Gasteiger partial charge is 0.287 e. The van der Waals surface area contributed by atoms with Crippen LogP contribution in [0.3, 0.4) is 0 Å². The fourth-order valence-electron chi connectivity index (χ4n) is 3.40. The van der Waals surface area contributed by atoms with E-state index in [0.29, 0.717) is 23.7 Å². The zero-order chi connectivity index (χ0) is 20.4. The van der Waals surface area contributed by atoms with Gasteiger partial charge in [-0.25, -0.2) is 0 Å². The maximum Gasteiger partial charge on any atom is 0.287 e. The van der Waals surface area contributed by atoms with Gasteiger partial charge in [0, 0.05) is 17.5 Å². The molecule has 2 heterocycles. The van der Waals surface area contributed by atoms with Crippen LogP contribution in [0.15, 0.2) is 53.1 Å². The fraction of sp³-hybridized carbons (Fsp3) is 0.227. The third-order valence-electron chi connectivity index (χ3n) is 4.81. The number of carbonyl (C=O) groups excluding carboxylic acids is 1. The number of rotatable bonds is 6. The second-order valence-electron chi connectivity index (χ2n) is 6.64. The molecule has 3 aromatic rings. The zero-order valence-corrected chi connectivity index (χ0v) is 16.8. The number of hydrogen-bond acceptors (Lipinski definition) is 5. The fourth-order valence-corrected chi connectivity index (χ4v) is 3.68. The number of benzene rings is 2. The lowest BCUT2D eigenvalue weighted by atomic mass is 9.99. The normalized spacial score (nSPS) is 14.8. The Hall–Kier alpha value is -3.12. The Morgan fingerprint density at radius 3 is 2.79 bits per heavy atom. The number of amides is 1. The van der Waals surface area contributed by atoms with Gasteiger partial charge in [-0.05, 0) is 48.0 Å². The second-order valence-corrected chi connectivity index (χ2v) is 7.05. The Labute approximate surface area is 173 Å². The standard InChI is InChI=1S/C22H20ClNO5/c1-26-15-5-6-19(27-2)17(11-15)13-8-14-9-16(29-21(14)18(23)10-13)12-24-22(25)20-4-3-7-28-20/h3-8,10-11,16H,9,12H2,1-2H3,(H,24,25)/t16-/m1/s1. The highest BCUT2D eigenvalue weighted by Crippen LogP contribution is 2.42. The summed E-state index contributed by atoms with van der Waals surface area (Å²) >= 11 is 6.50. The average Bonchev–Trinajstić information content (AvgIpc) is 3.41. The molecule has 0 fully saturated rings. The topological polar surface area (TPSA) is 69.9 Å². The lowest BCUT2D eigenvalue weighted by molar-refractivity contribution is 0.0906. The summed E-state index contributed by atoms with van der Waals surface area (Å²) in [4.78, 5) is 12.1. The van der Waals surface area contributed by atoms with E-state index in [0.717, 1.165) is 28.2 Å². The molecule has 4 rings (SSSR count). The van der Waals surface area contributed by atoms with Crippen molar-refractivity contribution >= 4 is 17.5 Å². The van der Waals surface area contributed by atoms with E-state index in [-0.39, 0.29) is 17.8 Å². The number of hydrogen-bond donors (Lipinski definition) is 1. The van der Waals surface area contributed by atoms with Gasteiger partial charge in [0.25, 0.3) is 5.91 Å². The predicted octanol–water partition coefficient (Wildman–Crippen LogP) is 4.35. The molecule has 0 saturated heterocycles. The van der Waals surface area contributed by atoms with Gasteiger partial charge in [0.1, 0.15) is 23.4 Å². The van der Waals surface area contributed by atoms with Crippen molar-refractivity contribution in [2.75, 3.05) is 20.8 Å².